The summed E-state index contributed by atoms with van der Waals surface area (Å²) in [6.45, 7) is -1.34. The van der Waals surface area contributed by atoms with E-state index in [1.807, 2.05) is 48.5 Å². The molecule has 35 heavy (non-hydrogen) atoms. The van der Waals surface area contributed by atoms with E-state index >= 15 is 0 Å². The first-order valence-corrected chi connectivity index (χ1v) is 10.5. The Balaban J connectivity index is 2.02. The van der Waals surface area contributed by atoms with E-state index in [4.69, 9.17) is 18.9 Å². The number of methoxy groups -OCH3 is 4. The lowest BCUT2D eigenvalue weighted by molar-refractivity contribution is -0.188. The fourth-order valence-electron chi connectivity index (χ4n) is 3.18. The monoisotopic (exact) mass is 493 g/mol. The number of ether oxygens (including phenoxy) is 5. The summed E-state index contributed by atoms with van der Waals surface area (Å²) >= 11 is 0. The number of nitrogens with zero attached hydrogens (tertiary/aromatic N) is 3. The molecular formula is C24H26F3N3O5. The Morgan fingerprint density at radius 3 is 1.49 bits per heavy atom. The lowest BCUT2D eigenvalue weighted by Gasteiger charge is -2.25. The third kappa shape index (κ3) is 6.58. The number of benzene rings is 2. The molecule has 0 N–H and O–H groups in total. The molecule has 0 aliphatic heterocycles. The second kappa shape index (κ2) is 11.5. The zero-order valence-corrected chi connectivity index (χ0v) is 19.8. The number of aromatic nitrogens is 2. The highest BCUT2D eigenvalue weighted by Gasteiger charge is 2.36. The van der Waals surface area contributed by atoms with Crippen molar-refractivity contribution in [1.29, 1.82) is 0 Å². The molecule has 0 unspecified atom stereocenters. The van der Waals surface area contributed by atoms with Gasteiger partial charge in [-0.05, 0) is 35.4 Å². The Kier molecular flexibility index (Phi) is 8.45. The summed E-state index contributed by atoms with van der Waals surface area (Å²) in [4.78, 5) is 10.3. The maximum Gasteiger partial charge on any atom is 0.427 e. The molecule has 0 saturated carbocycles. The first-order valence-electron chi connectivity index (χ1n) is 10.5. The van der Waals surface area contributed by atoms with Crippen molar-refractivity contribution in [3.63, 3.8) is 0 Å². The van der Waals surface area contributed by atoms with Gasteiger partial charge in [0.1, 0.15) is 11.5 Å². The highest BCUT2D eigenvalue weighted by Crippen LogP contribution is 2.39. The van der Waals surface area contributed by atoms with E-state index < -0.39 is 18.5 Å². The minimum absolute atomic E-state index is 0.126. The lowest BCUT2D eigenvalue weighted by atomic mass is 10.1. The Labute approximate surface area is 201 Å². The molecule has 11 heteroatoms. The van der Waals surface area contributed by atoms with Gasteiger partial charge in [0.15, 0.2) is 6.67 Å². The van der Waals surface area contributed by atoms with Crippen LogP contribution in [0.5, 0.6) is 29.0 Å². The topological polar surface area (TPSA) is 75.2 Å². The van der Waals surface area contributed by atoms with Crippen LogP contribution < -0.4 is 28.6 Å². The molecule has 0 aliphatic rings. The van der Waals surface area contributed by atoms with Crippen molar-refractivity contribution in [3.8, 4) is 29.0 Å². The largest absolute Gasteiger partial charge is 0.497 e. The van der Waals surface area contributed by atoms with Gasteiger partial charge in [0, 0.05) is 13.1 Å². The van der Waals surface area contributed by atoms with Crippen LogP contribution in [0.4, 0.5) is 19.1 Å². The number of hydrogen-bond acceptors (Lipinski definition) is 8. The molecule has 3 rings (SSSR count). The van der Waals surface area contributed by atoms with Gasteiger partial charge in [-0.2, -0.15) is 18.7 Å². The average molecular weight is 493 g/mol. The zero-order chi connectivity index (χ0) is 25.4. The number of alkyl halides is 3. The van der Waals surface area contributed by atoms with Gasteiger partial charge in [-0.1, -0.05) is 24.3 Å². The molecule has 0 aliphatic carbocycles. The summed E-state index contributed by atoms with van der Waals surface area (Å²) in [5, 5.41) is 0. The van der Waals surface area contributed by atoms with Gasteiger partial charge in [0.25, 0.3) is 11.8 Å². The van der Waals surface area contributed by atoms with Crippen molar-refractivity contribution >= 4 is 5.95 Å². The van der Waals surface area contributed by atoms with E-state index in [-0.39, 0.29) is 17.7 Å². The van der Waals surface area contributed by atoms with Crippen molar-refractivity contribution in [2.24, 2.45) is 0 Å². The van der Waals surface area contributed by atoms with Crippen LogP contribution in [0.1, 0.15) is 11.1 Å². The molecule has 0 radical (unpaired) electrons. The van der Waals surface area contributed by atoms with E-state index in [0.29, 0.717) is 24.6 Å². The average Bonchev–Trinajstić information content (AvgIpc) is 2.89. The van der Waals surface area contributed by atoms with Crippen molar-refractivity contribution < 1.29 is 36.9 Å². The maximum absolute atomic E-state index is 13.6. The number of anilines is 1. The highest BCUT2D eigenvalue weighted by molar-refractivity contribution is 5.49. The highest BCUT2D eigenvalue weighted by atomic mass is 19.3. The van der Waals surface area contributed by atoms with Gasteiger partial charge in [-0.3, -0.25) is 0 Å². The van der Waals surface area contributed by atoms with Crippen molar-refractivity contribution in [2.75, 3.05) is 40.0 Å². The molecule has 0 spiro atoms. The van der Waals surface area contributed by atoms with Gasteiger partial charge in [0.2, 0.25) is 11.7 Å². The van der Waals surface area contributed by atoms with Crippen LogP contribution in [0.3, 0.4) is 0 Å². The van der Waals surface area contributed by atoms with E-state index in [2.05, 4.69) is 14.7 Å². The molecular weight excluding hydrogens is 467 g/mol. The maximum atomic E-state index is 13.6. The molecule has 3 aromatic rings. The lowest BCUT2D eigenvalue weighted by Crippen LogP contribution is -2.28. The summed E-state index contributed by atoms with van der Waals surface area (Å²) in [5.41, 5.74) is 1.82. The smallest absolute Gasteiger partial charge is 0.427 e. The fourth-order valence-corrected chi connectivity index (χ4v) is 3.18. The fraction of sp³-hybridized carbons (Fsp3) is 0.333. The molecule has 8 nitrogen and oxygen atoms in total. The quantitative estimate of drug-likeness (QED) is 0.361. The van der Waals surface area contributed by atoms with Gasteiger partial charge < -0.3 is 28.6 Å². The van der Waals surface area contributed by atoms with Crippen LogP contribution in [0.2, 0.25) is 0 Å². The predicted octanol–water partition coefficient (Wildman–Crippen LogP) is 4.66. The van der Waals surface area contributed by atoms with E-state index in [1.54, 1.807) is 19.1 Å². The second-order valence-corrected chi connectivity index (χ2v) is 7.30. The van der Waals surface area contributed by atoms with Crippen LogP contribution >= 0.6 is 0 Å². The second-order valence-electron chi connectivity index (χ2n) is 7.30. The predicted molar refractivity (Wildman–Crippen MR) is 123 cm³/mol. The van der Waals surface area contributed by atoms with E-state index in [0.717, 1.165) is 11.1 Å². The van der Waals surface area contributed by atoms with Crippen LogP contribution in [0.15, 0.2) is 48.5 Å². The van der Waals surface area contributed by atoms with Crippen molar-refractivity contribution in [1.82, 2.24) is 9.97 Å². The van der Waals surface area contributed by atoms with Crippen molar-refractivity contribution in [3.05, 3.63) is 59.7 Å². The van der Waals surface area contributed by atoms with Crippen LogP contribution in [-0.2, 0) is 13.1 Å². The number of halogens is 3. The molecule has 1 aromatic heterocycles. The van der Waals surface area contributed by atoms with Crippen LogP contribution in [0, 0.1) is 0 Å². The molecule has 2 aromatic carbocycles. The first kappa shape index (κ1) is 25.7. The van der Waals surface area contributed by atoms with Gasteiger partial charge >= 0.3 is 6.11 Å². The Morgan fingerprint density at radius 1 is 0.714 bits per heavy atom. The summed E-state index contributed by atoms with van der Waals surface area (Å²) in [6.07, 6.45) is -4.10. The minimum Gasteiger partial charge on any atom is -0.497 e. The minimum atomic E-state index is -4.10. The number of rotatable bonds is 12. The summed E-state index contributed by atoms with van der Waals surface area (Å²) in [5.74, 6) is 0.274. The molecule has 0 fully saturated rings. The third-order valence-electron chi connectivity index (χ3n) is 4.93. The van der Waals surface area contributed by atoms with Crippen molar-refractivity contribution in [2.45, 2.75) is 19.2 Å². The SMILES string of the molecule is COc1ccc(CN(Cc2ccc(OC)cc2)c2nc(OC)c(OC(F)(F)CF)c(OC)n2)cc1. The Hall–Kier alpha value is -3.89. The molecule has 0 bridgehead atoms. The van der Waals surface area contributed by atoms with E-state index in [9.17, 15) is 13.2 Å². The normalized spacial score (nSPS) is 11.1. The first-order chi connectivity index (χ1) is 16.8. The van der Waals surface area contributed by atoms with Crippen LogP contribution in [0.25, 0.3) is 0 Å². The summed E-state index contributed by atoms with van der Waals surface area (Å²) in [6, 6.07) is 14.8. The Bertz CT molecular complexity index is 1020. The van der Waals surface area contributed by atoms with Crippen LogP contribution in [-0.4, -0.2) is 51.2 Å². The summed E-state index contributed by atoms with van der Waals surface area (Å²) in [7, 11) is 5.60. The molecule has 1 heterocycles. The number of hydrogen-bond donors (Lipinski definition) is 0. The van der Waals surface area contributed by atoms with E-state index in [1.165, 1.54) is 14.2 Å². The van der Waals surface area contributed by atoms with Gasteiger partial charge in [-0.15, -0.1) is 0 Å². The Morgan fingerprint density at radius 2 is 1.14 bits per heavy atom. The van der Waals surface area contributed by atoms with Gasteiger partial charge in [0.05, 0.1) is 28.4 Å². The molecule has 0 atom stereocenters. The standard InChI is InChI=1S/C24H26F3N3O5/c1-31-18-9-5-16(6-10-18)13-30(14-17-7-11-19(32-2)12-8-17)23-28-21(33-3)20(22(29-23)34-4)35-24(26,27)15-25/h5-12H,13-15H2,1-4H3. The molecule has 188 valence electrons. The summed E-state index contributed by atoms with van der Waals surface area (Å²) < 4.78 is 65.2. The van der Waals surface area contributed by atoms with Gasteiger partial charge in [-0.25, -0.2) is 4.39 Å². The zero-order valence-electron chi connectivity index (χ0n) is 19.8. The third-order valence-corrected chi connectivity index (χ3v) is 4.93. The molecule has 0 saturated heterocycles. The molecule has 0 amide bonds.